The van der Waals surface area contributed by atoms with Crippen molar-refractivity contribution >= 4 is 22.2 Å². The summed E-state index contributed by atoms with van der Waals surface area (Å²) in [6.07, 6.45) is 1.91. The lowest BCUT2D eigenvalue weighted by atomic mass is 10.1. The maximum Gasteiger partial charge on any atom is 0.107 e. The minimum atomic E-state index is 0.115. The average Bonchev–Trinajstić information content (AvgIpc) is 3.04. The molecule has 3 rings (SSSR count). The van der Waals surface area contributed by atoms with Gasteiger partial charge in [0, 0.05) is 22.8 Å². The Balaban J connectivity index is 1.72. The van der Waals surface area contributed by atoms with Crippen LogP contribution < -0.4 is 5.32 Å². The molecule has 0 bridgehead atoms. The lowest BCUT2D eigenvalue weighted by Crippen LogP contribution is -2.35. The van der Waals surface area contributed by atoms with E-state index in [1.807, 2.05) is 23.0 Å². The number of benzene rings is 1. The molecule has 0 aliphatic heterocycles. The van der Waals surface area contributed by atoms with Gasteiger partial charge in [0.1, 0.15) is 5.01 Å². The third kappa shape index (κ3) is 3.49. The fourth-order valence-electron chi connectivity index (χ4n) is 2.15. The predicted octanol–water partition coefficient (Wildman–Crippen LogP) is 3.43. The smallest absolute Gasteiger partial charge is 0.107 e. The molecule has 0 atom stereocenters. The average molecular weight is 300 g/mol. The highest BCUT2D eigenvalue weighted by atomic mass is 32.1. The number of hydrogen-bond donors (Lipinski definition) is 1. The van der Waals surface area contributed by atoms with Gasteiger partial charge in [0.2, 0.25) is 0 Å². The van der Waals surface area contributed by atoms with Crippen molar-refractivity contribution in [2.75, 3.05) is 0 Å². The van der Waals surface area contributed by atoms with Crippen molar-refractivity contribution in [1.82, 2.24) is 20.1 Å². The van der Waals surface area contributed by atoms with E-state index in [4.69, 9.17) is 4.98 Å². The number of thiazole rings is 1. The van der Waals surface area contributed by atoms with Gasteiger partial charge in [0.15, 0.2) is 0 Å². The molecule has 0 saturated carbocycles. The number of nitrogens with one attached hydrogen (secondary N) is 1. The molecule has 2 aromatic heterocycles. The molecule has 0 radical (unpaired) electrons. The molecular formula is C16H20N4S. The first-order valence-electron chi connectivity index (χ1n) is 7.10. The Bertz CT molecular complexity index is 736. The quantitative estimate of drug-likeness (QED) is 0.802. The lowest BCUT2D eigenvalue weighted by Gasteiger charge is -2.19. The minimum Gasteiger partial charge on any atom is -0.306 e. The van der Waals surface area contributed by atoms with Crippen LogP contribution in [-0.4, -0.2) is 20.3 Å². The summed E-state index contributed by atoms with van der Waals surface area (Å²) < 4.78 is 2.01. The van der Waals surface area contributed by atoms with Gasteiger partial charge in [-0.1, -0.05) is 18.2 Å². The highest BCUT2D eigenvalue weighted by Gasteiger charge is 2.11. The van der Waals surface area contributed by atoms with Gasteiger partial charge in [0.25, 0.3) is 0 Å². The Morgan fingerprint density at radius 3 is 2.86 bits per heavy atom. The standard InChI is InChI=1S/C16H20N4S/c1-16(2,3)17-9-15-19-13(11-21-15)10-20-14-7-5-4-6-12(14)8-18-20/h4-8,11,17H,9-10H2,1-3H3. The summed E-state index contributed by atoms with van der Waals surface area (Å²) in [6, 6.07) is 8.25. The molecular weight excluding hydrogens is 280 g/mol. The molecule has 0 aliphatic carbocycles. The van der Waals surface area contributed by atoms with E-state index in [-0.39, 0.29) is 5.54 Å². The van der Waals surface area contributed by atoms with E-state index in [1.165, 1.54) is 5.39 Å². The van der Waals surface area contributed by atoms with E-state index in [2.05, 4.69) is 48.7 Å². The Labute approximate surface area is 128 Å². The monoisotopic (exact) mass is 300 g/mol. The van der Waals surface area contributed by atoms with Gasteiger partial charge in [-0.05, 0) is 26.8 Å². The van der Waals surface area contributed by atoms with Gasteiger partial charge in [0.05, 0.1) is 24.0 Å². The summed E-state index contributed by atoms with van der Waals surface area (Å²) in [5.74, 6) is 0. The van der Waals surface area contributed by atoms with Crippen molar-refractivity contribution in [3.63, 3.8) is 0 Å². The molecule has 21 heavy (non-hydrogen) atoms. The molecule has 2 heterocycles. The van der Waals surface area contributed by atoms with E-state index >= 15 is 0 Å². The number of hydrogen-bond acceptors (Lipinski definition) is 4. The molecule has 0 fully saturated rings. The summed E-state index contributed by atoms with van der Waals surface area (Å²) in [6.45, 7) is 8.03. The molecule has 4 nitrogen and oxygen atoms in total. The highest BCUT2D eigenvalue weighted by molar-refractivity contribution is 7.09. The van der Waals surface area contributed by atoms with E-state index in [0.717, 1.165) is 29.3 Å². The molecule has 0 aliphatic rings. The zero-order chi connectivity index (χ0) is 14.9. The first kappa shape index (κ1) is 14.2. The van der Waals surface area contributed by atoms with Crippen LogP contribution in [0, 0.1) is 0 Å². The van der Waals surface area contributed by atoms with Gasteiger partial charge in [-0.25, -0.2) is 4.98 Å². The fraction of sp³-hybridized carbons (Fsp3) is 0.375. The second kappa shape index (κ2) is 5.58. The van der Waals surface area contributed by atoms with Crippen LogP contribution in [0.3, 0.4) is 0 Å². The van der Waals surface area contributed by atoms with Crippen molar-refractivity contribution in [2.24, 2.45) is 0 Å². The van der Waals surface area contributed by atoms with Crippen molar-refractivity contribution in [1.29, 1.82) is 0 Å². The number of para-hydroxylation sites is 1. The molecule has 1 N–H and O–H groups in total. The van der Waals surface area contributed by atoms with E-state index in [1.54, 1.807) is 11.3 Å². The Kier molecular flexibility index (Phi) is 3.78. The SMILES string of the molecule is CC(C)(C)NCc1nc(Cn2ncc3ccccc32)cs1. The van der Waals surface area contributed by atoms with Gasteiger partial charge >= 0.3 is 0 Å². The molecule has 0 saturated heterocycles. The molecule has 0 amide bonds. The molecule has 0 spiro atoms. The zero-order valence-electron chi connectivity index (χ0n) is 12.6. The number of fused-ring (bicyclic) bond motifs is 1. The summed E-state index contributed by atoms with van der Waals surface area (Å²) in [7, 11) is 0. The van der Waals surface area contributed by atoms with Crippen LogP contribution in [0.1, 0.15) is 31.5 Å². The first-order chi connectivity index (χ1) is 10.0. The Morgan fingerprint density at radius 2 is 2.05 bits per heavy atom. The summed E-state index contributed by atoms with van der Waals surface area (Å²) in [4.78, 5) is 4.69. The number of aromatic nitrogens is 3. The predicted molar refractivity (Wildman–Crippen MR) is 87.5 cm³/mol. The maximum absolute atomic E-state index is 4.69. The highest BCUT2D eigenvalue weighted by Crippen LogP contribution is 2.16. The topological polar surface area (TPSA) is 42.7 Å². The van der Waals surface area contributed by atoms with E-state index < -0.39 is 0 Å². The third-order valence-corrected chi connectivity index (χ3v) is 4.13. The Hall–Kier alpha value is -1.72. The first-order valence-corrected chi connectivity index (χ1v) is 7.98. The van der Waals surface area contributed by atoms with Crippen LogP contribution >= 0.6 is 11.3 Å². The molecule has 3 aromatic rings. The second-order valence-corrected chi connectivity index (χ2v) is 7.14. The van der Waals surface area contributed by atoms with Crippen LogP contribution in [0.15, 0.2) is 35.8 Å². The number of rotatable bonds is 4. The molecule has 5 heteroatoms. The lowest BCUT2D eigenvalue weighted by molar-refractivity contribution is 0.423. The summed E-state index contributed by atoms with van der Waals surface area (Å²) in [5, 5.41) is 12.3. The maximum atomic E-state index is 4.69. The van der Waals surface area contributed by atoms with Gasteiger partial charge in [-0.15, -0.1) is 11.3 Å². The van der Waals surface area contributed by atoms with E-state index in [9.17, 15) is 0 Å². The summed E-state index contributed by atoms with van der Waals surface area (Å²) >= 11 is 1.70. The summed E-state index contributed by atoms with van der Waals surface area (Å²) in [5.41, 5.74) is 2.34. The Morgan fingerprint density at radius 1 is 1.24 bits per heavy atom. The van der Waals surface area contributed by atoms with Gasteiger partial charge in [-0.2, -0.15) is 5.10 Å². The normalized spacial score (nSPS) is 12.1. The fourth-order valence-corrected chi connectivity index (χ4v) is 2.87. The number of nitrogens with zero attached hydrogens (tertiary/aromatic N) is 3. The van der Waals surface area contributed by atoms with Crippen LogP contribution in [0.2, 0.25) is 0 Å². The molecule has 0 unspecified atom stereocenters. The third-order valence-electron chi connectivity index (χ3n) is 3.23. The van der Waals surface area contributed by atoms with Crippen LogP contribution in [0.4, 0.5) is 0 Å². The molecule has 1 aromatic carbocycles. The van der Waals surface area contributed by atoms with Crippen molar-refractivity contribution in [3.8, 4) is 0 Å². The van der Waals surface area contributed by atoms with Crippen LogP contribution in [-0.2, 0) is 13.1 Å². The van der Waals surface area contributed by atoms with Crippen LogP contribution in [0.25, 0.3) is 10.9 Å². The largest absolute Gasteiger partial charge is 0.306 e. The zero-order valence-corrected chi connectivity index (χ0v) is 13.4. The minimum absolute atomic E-state index is 0.115. The van der Waals surface area contributed by atoms with Gasteiger partial charge < -0.3 is 5.32 Å². The van der Waals surface area contributed by atoms with Gasteiger partial charge in [-0.3, -0.25) is 4.68 Å². The van der Waals surface area contributed by atoms with Crippen LogP contribution in [0.5, 0.6) is 0 Å². The molecule has 110 valence electrons. The van der Waals surface area contributed by atoms with Crippen molar-refractivity contribution in [3.05, 3.63) is 46.5 Å². The van der Waals surface area contributed by atoms with Crippen molar-refractivity contribution in [2.45, 2.75) is 39.4 Å². The van der Waals surface area contributed by atoms with Crippen molar-refractivity contribution < 1.29 is 0 Å². The second-order valence-electron chi connectivity index (χ2n) is 6.20. The van der Waals surface area contributed by atoms with E-state index in [0.29, 0.717) is 0 Å².